The predicted octanol–water partition coefficient (Wildman–Crippen LogP) is 3.58. The Hall–Kier alpha value is -1.64. The van der Waals surface area contributed by atoms with Gasteiger partial charge in [0.1, 0.15) is 5.78 Å². The summed E-state index contributed by atoms with van der Waals surface area (Å²) in [6.07, 6.45) is 6.53. The maximum absolute atomic E-state index is 11.8. The fourth-order valence-electron chi connectivity index (χ4n) is 2.21. The van der Waals surface area contributed by atoms with Crippen LogP contribution in [0.25, 0.3) is 0 Å². The number of carbonyl (C=O) groups is 2. The van der Waals surface area contributed by atoms with Gasteiger partial charge in [-0.3, -0.25) is 4.79 Å². The first-order chi connectivity index (χ1) is 10.1. The number of amides is 1. The molecule has 1 aromatic carbocycles. The lowest BCUT2D eigenvalue weighted by atomic mass is 10.1. The molecule has 1 rings (SSSR count). The minimum Gasteiger partial charge on any atom is -0.356 e. The summed E-state index contributed by atoms with van der Waals surface area (Å²) < 4.78 is 0. The molecule has 0 unspecified atom stereocenters. The van der Waals surface area contributed by atoms with E-state index in [9.17, 15) is 9.59 Å². The van der Waals surface area contributed by atoms with E-state index in [0.29, 0.717) is 12.8 Å². The first-order valence-electron chi connectivity index (χ1n) is 7.89. The Morgan fingerprint density at radius 2 is 1.57 bits per heavy atom. The van der Waals surface area contributed by atoms with Gasteiger partial charge in [0.25, 0.3) is 0 Å². The van der Waals surface area contributed by atoms with Crippen molar-refractivity contribution in [3.8, 4) is 0 Å². The normalized spacial score (nSPS) is 10.4. The number of unbranched alkanes of at least 4 members (excludes halogenated alkanes) is 4. The van der Waals surface area contributed by atoms with E-state index >= 15 is 0 Å². The molecule has 0 saturated heterocycles. The van der Waals surface area contributed by atoms with Crippen molar-refractivity contribution in [3.63, 3.8) is 0 Å². The predicted molar refractivity (Wildman–Crippen MR) is 86.3 cm³/mol. The van der Waals surface area contributed by atoms with E-state index in [0.717, 1.165) is 44.2 Å². The van der Waals surface area contributed by atoms with Gasteiger partial charge in [-0.1, -0.05) is 49.1 Å². The highest BCUT2D eigenvalue weighted by Gasteiger charge is 2.02. The lowest BCUT2D eigenvalue weighted by Gasteiger charge is -2.06. The van der Waals surface area contributed by atoms with Crippen molar-refractivity contribution < 1.29 is 9.59 Å². The average Bonchev–Trinajstić information content (AvgIpc) is 2.44. The van der Waals surface area contributed by atoms with E-state index in [2.05, 4.69) is 5.32 Å². The van der Waals surface area contributed by atoms with Gasteiger partial charge >= 0.3 is 0 Å². The first kappa shape index (κ1) is 17.4. The zero-order chi connectivity index (χ0) is 15.5. The third kappa shape index (κ3) is 9.01. The smallest absolute Gasteiger partial charge is 0.224 e. The minimum absolute atomic E-state index is 0.0930. The van der Waals surface area contributed by atoms with Crippen LogP contribution in [0.5, 0.6) is 0 Å². The quantitative estimate of drug-likeness (QED) is 0.669. The number of aryl methyl sites for hydroxylation is 1. The minimum atomic E-state index is 0.0930. The summed E-state index contributed by atoms with van der Waals surface area (Å²) in [5.41, 5.74) is 2.27. The number of nitrogens with one attached hydrogen (secondary N) is 1. The van der Waals surface area contributed by atoms with Crippen molar-refractivity contribution in [2.45, 2.75) is 58.8 Å². The summed E-state index contributed by atoms with van der Waals surface area (Å²) >= 11 is 0. The molecule has 0 aliphatic rings. The summed E-state index contributed by atoms with van der Waals surface area (Å²) in [6, 6.07) is 8.07. The molecule has 116 valence electrons. The molecule has 0 radical (unpaired) electrons. The Morgan fingerprint density at radius 3 is 2.24 bits per heavy atom. The highest BCUT2D eigenvalue weighted by Crippen LogP contribution is 2.06. The van der Waals surface area contributed by atoms with Crippen molar-refractivity contribution in [1.29, 1.82) is 0 Å². The largest absolute Gasteiger partial charge is 0.356 e. The molecule has 0 heterocycles. The standard InChI is InChI=1S/C18H27NO2/c1-15-9-11-17(12-10-15)14-18(21)19-13-7-5-3-4-6-8-16(2)20/h9-12H,3-8,13-14H2,1-2H3,(H,19,21). The van der Waals surface area contributed by atoms with Crippen molar-refractivity contribution in [1.82, 2.24) is 5.32 Å². The topological polar surface area (TPSA) is 46.2 Å². The Kier molecular flexibility index (Phi) is 8.41. The summed E-state index contributed by atoms with van der Waals surface area (Å²) in [6.45, 7) is 4.43. The molecule has 0 aromatic heterocycles. The summed E-state index contributed by atoms with van der Waals surface area (Å²) in [5.74, 6) is 0.369. The van der Waals surface area contributed by atoms with Crippen molar-refractivity contribution in [2.24, 2.45) is 0 Å². The van der Waals surface area contributed by atoms with E-state index in [1.807, 2.05) is 31.2 Å². The van der Waals surface area contributed by atoms with E-state index in [-0.39, 0.29) is 11.7 Å². The summed E-state index contributed by atoms with van der Waals surface area (Å²) in [5, 5.41) is 2.96. The van der Waals surface area contributed by atoms with Gasteiger partial charge in [0.15, 0.2) is 0 Å². The van der Waals surface area contributed by atoms with Crippen LogP contribution < -0.4 is 5.32 Å². The Morgan fingerprint density at radius 1 is 0.952 bits per heavy atom. The second-order valence-corrected chi connectivity index (χ2v) is 5.73. The number of hydrogen-bond acceptors (Lipinski definition) is 2. The van der Waals surface area contributed by atoms with Crippen molar-refractivity contribution in [2.75, 3.05) is 6.54 Å². The van der Waals surface area contributed by atoms with Crippen molar-refractivity contribution in [3.05, 3.63) is 35.4 Å². The van der Waals surface area contributed by atoms with Crippen LogP contribution in [0.1, 0.15) is 56.6 Å². The molecule has 0 fully saturated rings. The molecule has 0 aliphatic heterocycles. The first-order valence-corrected chi connectivity index (χ1v) is 7.89. The second-order valence-electron chi connectivity index (χ2n) is 5.73. The number of benzene rings is 1. The molecular formula is C18H27NO2. The molecule has 0 saturated carbocycles. The monoisotopic (exact) mass is 289 g/mol. The van der Waals surface area contributed by atoms with E-state index < -0.39 is 0 Å². The maximum atomic E-state index is 11.8. The molecule has 0 bridgehead atoms. The van der Waals surface area contributed by atoms with Gasteiger partial charge in [-0.2, -0.15) is 0 Å². The van der Waals surface area contributed by atoms with Crippen LogP contribution in [-0.2, 0) is 16.0 Å². The van der Waals surface area contributed by atoms with Crippen LogP contribution in [0.15, 0.2) is 24.3 Å². The van der Waals surface area contributed by atoms with E-state index in [4.69, 9.17) is 0 Å². The number of hydrogen-bond donors (Lipinski definition) is 1. The van der Waals surface area contributed by atoms with Gasteiger partial charge in [0, 0.05) is 13.0 Å². The molecular weight excluding hydrogens is 262 g/mol. The highest BCUT2D eigenvalue weighted by molar-refractivity contribution is 5.78. The summed E-state index contributed by atoms with van der Waals surface area (Å²) in [4.78, 5) is 22.5. The van der Waals surface area contributed by atoms with Crippen LogP contribution >= 0.6 is 0 Å². The number of carbonyl (C=O) groups excluding carboxylic acids is 2. The molecule has 1 aromatic rings. The van der Waals surface area contributed by atoms with Crippen LogP contribution in [0.3, 0.4) is 0 Å². The van der Waals surface area contributed by atoms with Crippen LogP contribution in [0, 0.1) is 6.92 Å². The van der Waals surface area contributed by atoms with Crippen LogP contribution in [0.4, 0.5) is 0 Å². The highest BCUT2D eigenvalue weighted by atomic mass is 16.1. The van der Waals surface area contributed by atoms with Crippen LogP contribution in [0.2, 0.25) is 0 Å². The zero-order valence-corrected chi connectivity index (χ0v) is 13.3. The van der Waals surface area contributed by atoms with E-state index in [1.54, 1.807) is 6.92 Å². The van der Waals surface area contributed by atoms with Gasteiger partial charge in [-0.25, -0.2) is 0 Å². The number of rotatable bonds is 10. The van der Waals surface area contributed by atoms with E-state index in [1.165, 1.54) is 5.56 Å². The lowest BCUT2D eigenvalue weighted by molar-refractivity contribution is -0.120. The molecule has 1 amide bonds. The molecule has 3 heteroatoms. The third-order valence-electron chi connectivity index (χ3n) is 3.51. The van der Waals surface area contributed by atoms with Gasteiger partial charge in [-0.05, 0) is 32.3 Å². The second kappa shape index (κ2) is 10.1. The summed E-state index contributed by atoms with van der Waals surface area (Å²) in [7, 11) is 0. The average molecular weight is 289 g/mol. The molecule has 21 heavy (non-hydrogen) atoms. The van der Waals surface area contributed by atoms with Gasteiger partial charge in [0.05, 0.1) is 6.42 Å². The number of Topliss-reactive ketones (excluding diaryl/α,β-unsaturated/α-hetero) is 1. The van der Waals surface area contributed by atoms with Gasteiger partial charge in [0.2, 0.25) is 5.91 Å². The zero-order valence-electron chi connectivity index (χ0n) is 13.3. The van der Waals surface area contributed by atoms with Gasteiger partial charge < -0.3 is 10.1 Å². The number of ketones is 1. The Balaban J connectivity index is 2.01. The lowest BCUT2D eigenvalue weighted by Crippen LogP contribution is -2.26. The Bertz CT molecular complexity index is 437. The SMILES string of the molecule is CC(=O)CCCCCCCNC(=O)Cc1ccc(C)cc1. The molecule has 0 atom stereocenters. The molecule has 0 spiro atoms. The van der Waals surface area contributed by atoms with Gasteiger partial charge in [-0.15, -0.1) is 0 Å². The van der Waals surface area contributed by atoms with Crippen LogP contribution in [-0.4, -0.2) is 18.2 Å². The van der Waals surface area contributed by atoms with Crippen molar-refractivity contribution >= 4 is 11.7 Å². The third-order valence-corrected chi connectivity index (χ3v) is 3.51. The maximum Gasteiger partial charge on any atom is 0.224 e. The Labute approximate surface area is 128 Å². The molecule has 0 aliphatic carbocycles. The molecule has 1 N–H and O–H groups in total. The fraction of sp³-hybridized carbons (Fsp3) is 0.556. The molecule has 3 nitrogen and oxygen atoms in total. The fourth-order valence-corrected chi connectivity index (χ4v) is 2.21.